The van der Waals surface area contributed by atoms with Crippen molar-refractivity contribution >= 4 is 20.0 Å². The standard InChI is InChI=1S/C23H35N3O3Si/c1-15-13-19(18(24)14-17(15)22(27)28-5)26-12-11-25-21(26)16-9-8-10-20(16)29-30(6,7)23(2,3)4/h11-14,16,20H,8-10,24H2,1-7H3/t16-,20+/m1/s1. The second-order valence-electron chi connectivity index (χ2n) is 9.83. The van der Waals surface area contributed by atoms with Crippen LogP contribution in [-0.2, 0) is 9.16 Å². The molecule has 6 nitrogen and oxygen atoms in total. The summed E-state index contributed by atoms with van der Waals surface area (Å²) in [6.07, 6.45) is 7.17. The van der Waals surface area contributed by atoms with Crippen molar-refractivity contribution in [2.45, 2.75) is 77.1 Å². The van der Waals surface area contributed by atoms with E-state index in [1.54, 1.807) is 6.07 Å². The summed E-state index contributed by atoms with van der Waals surface area (Å²) >= 11 is 0. The van der Waals surface area contributed by atoms with Gasteiger partial charge in [-0.05, 0) is 55.6 Å². The summed E-state index contributed by atoms with van der Waals surface area (Å²) < 4.78 is 13.7. The fraction of sp³-hybridized carbons (Fsp3) is 0.565. The number of hydrogen-bond acceptors (Lipinski definition) is 5. The van der Waals surface area contributed by atoms with E-state index < -0.39 is 8.32 Å². The van der Waals surface area contributed by atoms with Crippen LogP contribution in [0.2, 0.25) is 18.1 Å². The van der Waals surface area contributed by atoms with E-state index in [2.05, 4.69) is 38.4 Å². The predicted molar refractivity (Wildman–Crippen MR) is 123 cm³/mol. The van der Waals surface area contributed by atoms with E-state index in [1.807, 2.05) is 25.4 Å². The molecule has 1 aromatic heterocycles. The van der Waals surface area contributed by atoms with Crippen LogP contribution in [0.4, 0.5) is 5.69 Å². The molecular formula is C23H35N3O3Si. The van der Waals surface area contributed by atoms with Crippen LogP contribution in [-0.4, -0.2) is 37.1 Å². The van der Waals surface area contributed by atoms with Crippen LogP contribution in [0.3, 0.4) is 0 Å². The van der Waals surface area contributed by atoms with Gasteiger partial charge in [0.1, 0.15) is 5.82 Å². The second-order valence-corrected chi connectivity index (χ2v) is 14.6. The molecule has 0 unspecified atom stereocenters. The van der Waals surface area contributed by atoms with Crippen molar-refractivity contribution in [1.29, 1.82) is 0 Å². The van der Waals surface area contributed by atoms with Gasteiger partial charge in [-0.25, -0.2) is 9.78 Å². The number of aryl methyl sites for hydroxylation is 1. The summed E-state index contributed by atoms with van der Waals surface area (Å²) in [4.78, 5) is 16.7. The van der Waals surface area contributed by atoms with Gasteiger partial charge >= 0.3 is 5.97 Å². The number of carbonyl (C=O) groups excluding carboxylic acids is 1. The Bertz CT molecular complexity index is 930. The van der Waals surface area contributed by atoms with E-state index in [9.17, 15) is 4.79 Å². The number of ether oxygens (including phenoxy) is 1. The second kappa shape index (κ2) is 8.19. The molecule has 2 atom stereocenters. The molecule has 3 rings (SSSR count). The third kappa shape index (κ3) is 4.18. The third-order valence-corrected chi connectivity index (χ3v) is 11.2. The van der Waals surface area contributed by atoms with Crippen molar-refractivity contribution in [1.82, 2.24) is 9.55 Å². The monoisotopic (exact) mass is 429 g/mol. The maximum atomic E-state index is 12.0. The zero-order chi connectivity index (χ0) is 22.3. The molecular weight excluding hydrogens is 394 g/mol. The van der Waals surface area contributed by atoms with Crippen LogP contribution in [0.15, 0.2) is 24.5 Å². The normalized spacial score (nSPS) is 19.8. The van der Waals surface area contributed by atoms with Crippen molar-refractivity contribution in [3.8, 4) is 5.69 Å². The molecule has 2 aromatic rings. The molecule has 1 saturated carbocycles. The van der Waals surface area contributed by atoms with Crippen LogP contribution in [0.1, 0.15) is 67.7 Å². The Labute approximate surface area is 180 Å². The number of methoxy groups -OCH3 is 1. The predicted octanol–water partition coefficient (Wildman–Crippen LogP) is 5.21. The lowest BCUT2D eigenvalue weighted by molar-refractivity contribution is 0.0600. The van der Waals surface area contributed by atoms with Gasteiger partial charge in [-0.1, -0.05) is 27.2 Å². The quantitative estimate of drug-likeness (QED) is 0.401. The van der Waals surface area contributed by atoms with Gasteiger partial charge in [-0.2, -0.15) is 0 Å². The highest BCUT2D eigenvalue weighted by Gasteiger charge is 2.43. The van der Waals surface area contributed by atoms with Crippen LogP contribution >= 0.6 is 0 Å². The molecule has 0 radical (unpaired) electrons. The van der Waals surface area contributed by atoms with Gasteiger partial charge in [0, 0.05) is 18.3 Å². The van der Waals surface area contributed by atoms with Crippen molar-refractivity contribution < 1.29 is 14.0 Å². The van der Waals surface area contributed by atoms with Gasteiger partial charge < -0.3 is 19.5 Å². The highest BCUT2D eigenvalue weighted by molar-refractivity contribution is 6.74. The Morgan fingerprint density at radius 2 is 1.97 bits per heavy atom. The summed E-state index contributed by atoms with van der Waals surface area (Å²) in [6, 6.07) is 3.63. The van der Waals surface area contributed by atoms with Gasteiger partial charge in [0.25, 0.3) is 0 Å². The number of carbonyl (C=O) groups is 1. The average molecular weight is 430 g/mol. The van der Waals surface area contributed by atoms with Crippen LogP contribution in [0.5, 0.6) is 0 Å². The molecule has 0 bridgehead atoms. The van der Waals surface area contributed by atoms with Crippen molar-refractivity contribution in [2.75, 3.05) is 12.8 Å². The molecule has 1 aliphatic carbocycles. The minimum Gasteiger partial charge on any atom is -0.465 e. The van der Waals surface area contributed by atoms with Crippen molar-refractivity contribution in [3.05, 3.63) is 41.5 Å². The lowest BCUT2D eigenvalue weighted by Gasteiger charge is -2.39. The lowest BCUT2D eigenvalue weighted by atomic mass is 10.0. The highest BCUT2D eigenvalue weighted by Crippen LogP contribution is 2.44. The SMILES string of the molecule is COC(=O)c1cc(N)c(-n2ccnc2[C@@H]2CCC[C@@H]2O[Si](C)(C)C(C)(C)C)cc1C. The summed E-state index contributed by atoms with van der Waals surface area (Å²) in [5.41, 5.74) is 9.03. The molecule has 1 aliphatic rings. The van der Waals surface area contributed by atoms with Gasteiger partial charge in [0.15, 0.2) is 8.32 Å². The number of rotatable bonds is 5. The molecule has 1 aromatic carbocycles. The Kier molecular flexibility index (Phi) is 6.16. The zero-order valence-electron chi connectivity index (χ0n) is 19.3. The van der Waals surface area contributed by atoms with Crippen LogP contribution in [0, 0.1) is 6.92 Å². The largest absolute Gasteiger partial charge is 0.465 e. The van der Waals surface area contributed by atoms with E-state index in [4.69, 9.17) is 19.9 Å². The number of nitrogens with zero attached hydrogens (tertiary/aromatic N) is 2. The van der Waals surface area contributed by atoms with Gasteiger partial charge in [-0.3, -0.25) is 0 Å². The number of hydrogen-bond donors (Lipinski definition) is 1. The first-order valence-corrected chi connectivity index (χ1v) is 13.6. The fourth-order valence-electron chi connectivity index (χ4n) is 3.96. The molecule has 7 heteroatoms. The minimum absolute atomic E-state index is 0.167. The van der Waals surface area contributed by atoms with Gasteiger partial charge in [0.2, 0.25) is 0 Å². The lowest BCUT2D eigenvalue weighted by Crippen LogP contribution is -2.44. The molecule has 2 N–H and O–H groups in total. The van der Waals surface area contributed by atoms with E-state index >= 15 is 0 Å². The van der Waals surface area contributed by atoms with Crippen molar-refractivity contribution in [2.24, 2.45) is 0 Å². The number of anilines is 1. The first-order chi connectivity index (χ1) is 14.0. The molecule has 0 amide bonds. The molecule has 0 aliphatic heterocycles. The van der Waals surface area contributed by atoms with E-state index in [1.165, 1.54) is 7.11 Å². The Hall–Kier alpha value is -2.12. The summed E-state index contributed by atoms with van der Waals surface area (Å²) in [7, 11) is -0.501. The smallest absolute Gasteiger partial charge is 0.338 e. The molecule has 164 valence electrons. The average Bonchev–Trinajstić information content (AvgIpc) is 3.30. The minimum atomic E-state index is -1.88. The first kappa shape index (κ1) is 22.6. The Balaban J connectivity index is 1.96. The van der Waals surface area contributed by atoms with E-state index in [-0.39, 0.29) is 23.0 Å². The Morgan fingerprint density at radius 3 is 2.60 bits per heavy atom. The van der Waals surface area contributed by atoms with Gasteiger partial charge in [-0.15, -0.1) is 0 Å². The third-order valence-electron chi connectivity index (χ3n) is 6.74. The molecule has 0 saturated heterocycles. The van der Waals surface area contributed by atoms with Crippen LogP contribution in [0.25, 0.3) is 5.69 Å². The number of imidazole rings is 1. The van der Waals surface area contributed by atoms with Gasteiger partial charge in [0.05, 0.1) is 30.2 Å². The van der Waals surface area contributed by atoms with E-state index in [0.29, 0.717) is 11.3 Å². The zero-order valence-corrected chi connectivity index (χ0v) is 20.3. The summed E-state index contributed by atoms with van der Waals surface area (Å²) in [6.45, 7) is 13.3. The fourth-order valence-corrected chi connectivity index (χ4v) is 5.35. The maximum Gasteiger partial charge on any atom is 0.338 e. The molecule has 0 spiro atoms. The Morgan fingerprint density at radius 1 is 1.27 bits per heavy atom. The van der Waals surface area contributed by atoms with E-state index in [0.717, 1.165) is 36.3 Å². The number of nitrogens with two attached hydrogens (primary N) is 1. The number of benzene rings is 1. The van der Waals surface area contributed by atoms with Crippen molar-refractivity contribution in [3.63, 3.8) is 0 Å². The first-order valence-electron chi connectivity index (χ1n) is 10.7. The number of nitrogen functional groups attached to an aromatic ring is 1. The highest BCUT2D eigenvalue weighted by atomic mass is 28.4. The molecule has 1 fully saturated rings. The molecule has 1 heterocycles. The summed E-state index contributed by atoms with van der Waals surface area (Å²) in [5.74, 6) is 0.831. The van der Waals surface area contributed by atoms with Crippen LogP contribution < -0.4 is 5.73 Å². The molecule has 30 heavy (non-hydrogen) atoms. The number of aromatic nitrogens is 2. The number of esters is 1. The summed E-state index contributed by atoms with van der Waals surface area (Å²) in [5, 5.41) is 0.167. The topological polar surface area (TPSA) is 79.4 Å². The maximum absolute atomic E-state index is 12.0.